The molecule has 1 aromatic rings. The monoisotopic (exact) mass is 304 g/mol. The predicted octanol–water partition coefficient (Wildman–Crippen LogP) is 2.46. The van der Waals surface area contributed by atoms with Crippen molar-refractivity contribution in [1.29, 1.82) is 0 Å². The molecule has 0 aromatic heterocycles. The number of halogens is 1. The summed E-state index contributed by atoms with van der Waals surface area (Å²) in [5.41, 5.74) is -0.894. The number of nitrogens with zero attached hydrogens (tertiary/aromatic N) is 2. The van der Waals surface area contributed by atoms with E-state index >= 15 is 0 Å². The lowest BCUT2D eigenvalue weighted by Gasteiger charge is -2.17. The van der Waals surface area contributed by atoms with Gasteiger partial charge in [-0.25, -0.2) is 12.7 Å². The van der Waals surface area contributed by atoms with Gasteiger partial charge in [-0.1, -0.05) is 13.3 Å². The lowest BCUT2D eigenvalue weighted by molar-refractivity contribution is -0.387. The number of rotatable bonds is 6. The highest BCUT2D eigenvalue weighted by atomic mass is 32.2. The van der Waals surface area contributed by atoms with Crippen LogP contribution < -0.4 is 0 Å². The second-order valence-electron chi connectivity index (χ2n) is 4.51. The third kappa shape index (κ3) is 3.31. The van der Waals surface area contributed by atoms with E-state index in [1.165, 1.54) is 14.0 Å². The molecule has 112 valence electrons. The maximum atomic E-state index is 13.6. The van der Waals surface area contributed by atoms with Gasteiger partial charge in [0.25, 0.3) is 0 Å². The average molecular weight is 304 g/mol. The molecule has 1 rings (SSSR count). The van der Waals surface area contributed by atoms with Crippen molar-refractivity contribution in [2.75, 3.05) is 13.6 Å². The Balaban J connectivity index is 3.29. The molecule has 0 fully saturated rings. The van der Waals surface area contributed by atoms with Crippen molar-refractivity contribution in [1.82, 2.24) is 4.31 Å². The van der Waals surface area contributed by atoms with Gasteiger partial charge < -0.3 is 0 Å². The molecule has 0 aliphatic heterocycles. The molecule has 0 unspecified atom stereocenters. The highest BCUT2D eigenvalue weighted by Gasteiger charge is 2.26. The first-order valence-corrected chi connectivity index (χ1v) is 7.56. The molecule has 0 atom stereocenters. The van der Waals surface area contributed by atoms with E-state index < -0.39 is 26.5 Å². The molecule has 0 saturated heterocycles. The molecule has 0 amide bonds. The van der Waals surface area contributed by atoms with E-state index in [0.29, 0.717) is 13.0 Å². The molecule has 20 heavy (non-hydrogen) atoms. The second kappa shape index (κ2) is 6.27. The summed E-state index contributed by atoms with van der Waals surface area (Å²) in [5.74, 6) is -1.01. The zero-order valence-corrected chi connectivity index (χ0v) is 12.4. The molecule has 0 aliphatic carbocycles. The van der Waals surface area contributed by atoms with Gasteiger partial charge in [0, 0.05) is 19.7 Å². The highest BCUT2D eigenvalue weighted by molar-refractivity contribution is 7.89. The summed E-state index contributed by atoms with van der Waals surface area (Å²) in [4.78, 5) is 9.57. The predicted molar refractivity (Wildman–Crippen MR) is 72.5 cm³/mol. The van der Waals surface area contributed by atoms with Gasteiger partial charge in [0.1, 0.15) is 0 Å². The van der Waals surface area contributed by atoms with Gasteiger partial charge in [-0.3, -0.25) is 10.1 Å². The van der Waals surface area contributed by atoms with Gasteiger partial charge in [0.15, 0.2) is 0 Å². The molecular weight excluding hydrogens is 287 g/mol. The van der Waals surface area contributed by atoms with Crippen LogP contribution in [0.5, 0.6) is 0 Å². The van der Waals surface area contributed by atoms with Gasteiger partial charge in [0.2, 0.25) is 15.8 Å². The molecule has 0 N–H and O–H groups in total. The van der Waals surface area contributed by atoms with E-state index in [2.05, 4.69) is 0 Å². The summed E-state index contributed by atoms with van der Waals surface area (Å²) >= 11 is 0. The molecule has 0 aliphatic rings. The van der Waals surface area contributed by atoms with Crippen molar-refractivity contribution >= 4 is 15.7 Å². The third-order valence-corrected chi connectivity index (χ3v) is 4.77. The first-order valence-electron chi connectivity index (χ1n) is 6.12. The van der Waals surface area contributed by atoms with E-state index in [0.717, 1.165) is 22.9 Å². The van der Waals surface area contributed by atoms with Gasteiger partial charge >= 0.3 is 5.69 Å². The fourth-order valence-electron chi connectivity index (χ4n) is 1.68. The summed E-state index contributed by atoms with van der Waals surface area (Å²) in [7, 11) is -2.45. The summed E-state index contributed by atoms with van der Waals surface area (Å²) in [5, 5.41) is 10.8. The Morgan fingerprint density at radius 3 is 2.50 bits per heavy atom. The van der Waals surface area contributed by atoms with Crippen molar-refractivity contribution in [3.8, 4) is 0 Å². The number of nitro benzene ring substituents is 1. The lowest BCUT2D eigenvalue weighted by atomic mass is 10.2. The number of hydrogen-bond donors (Lipinski definition) is 0. The number of nitro groups is 1. The largest absolute Gasteiger partial charge is 0.306 e. The van der Waals surface area contributed by atoms with Gasteiger partial charge in [-0.15, -0.1) is 0 Å². The van der Waals surface area contributed by atoms with E-state index in [4.69, 9.17) is 0 Å². The molecule has 8 heteroatoms. The zero-order valence-electron chi connectivity index (χ0n) is 11.6. The Kier molecular flexibility index (Phi) is 5.18. The van der Waals surface area contributed by atoms with Crippen LogP contribution in [0.15, 0.2) is 17.0 Å². The number of hydrogen-bond acceptors (Lipinski definition) is 4. The SMILES string of the molecule is CCCCN(C)S(=O)(=O)c1cc(C)c(F)c([N+](=O)[O-])c1. The Bertz CT molecular complexity index is 616. The molecule has 0 heterocycles. The third-order valence-electron chi connectivity index (χ3n) is 2.94. The maximum absolute atomic E-state index is 13.6. The topological polar surface area (TPSA) is 80.5 Å². The van der Waals surface area contributed by atoms with Crippen molar-refractivity contribution in [3.05, 3.63) is 33.6 Å². The van der Waals surface area contributed by atoms with Gasteiger partial charge in [-0.2, -0.15) is 4.39 Å². The zero-order chi connectivity index (χ0) is 15.5. The minimum atomic E-state index is -3.84. The minimum absolute atomic E-state index is 0.0679. The summed E-state index contributed by atoms with van der Waals surface area (Å²) in [6.07, 6.45) is 1.50. The van der Waals surface area contributed by atoms with Gasteiger partial charge in [0.05, 0.1) is 9.82 Å². The van der Waals surface area contributed by atoms with E-state index in [1.54, 1.807) is 0 Å². The van der Waals surface area contributed by atoms with Crippen molar-refractivity contribution in [2.24, 2.45) is 0 Å². The summed E-state index contributed by atoms with van der Waals surface area (Å²) < 4.78 is 39.2. The molecule has 0 radical (unpaired) electrons. The summed E-state index contributed by atoms with van der Waals surface area (Å²) in [6.45, 7) is 3.53. The molecule has 6 nitrogen and oxygen atoms in total. The number of unbranched alkanes of at least 4 members (excludes halogenated alkanes) is 1. The Hall–Kier alpha value is -1.54. The average Bonchev–Trinajstić information content (AvgIpc) is 2.38. The number of benzene rings is 1. The molecular formula is C12H17FN2O4S. The Labute approximate surface area is 117 Å². The summed E-state index contributed by atoms with van der Waals surface area (Å²) in [6, 6.07) is 1.88. The van der Waals surface area contributed by atoms with Crippen LogP contribution in [0.2, 0.25) is 0 Å². The van der Waals surface area contributed by atoms with Crippen molar-refractivity contribution < 1.29 is 17.7 Å². The van der Waals surface area contributed by atoms with Crippen LogP contribution in [-0.2, 0) is 10.0 Å². The lowest BCUT2D eigenvalue weighted by Crippen LogP contribution is -2.28. The van der Waals surface area contributed by atoms with Crippen molar-refractivity contribution in [2.45, 2.75) is 31.6 Å². The van der Waals surface area contributed by atoms with Gasteiger partial charge in [-0.05, 0) is 25.0 Å². The Morgan fingerprint density at radius 2 is 2.00 bits per heavy atom. The molecule has 0 spiro atoms. The van der Waals surface area contributed by atoms with Crippen LogP contribution in [-0.4, -0.2) is 31.2 Å². The first kappa shape index (κ1) is 16.5. The van der Waals surface area contributed by atoms with E-state index in [-0.39, 0.29) is 10.5 Å². The fourth-order valence-corrected chi connectivity index (χ4v) is 3.00. The number of sulfonamides is 1. The molecule has 1 aromatic carbocycles. The van der Waals surface area contributed by atoms with Crippen LogP contribution in [0.3, 0.4) is 0 Å². The quantitative estimate of drug-likeness (QED) is 0.597. The molecule has 0 bridgehead atoms. The standard InChI is InChI=1S/C12H17FN2O4S/c1-4-5-6-14(3)20(18,19)10-7-9(2)12(13)11(8-10)15(16)17/h7-8H,4-6H2,1-3H3. The van der Waals surface area contributed by atoms with Crippen LogP contribution in [0.4, 0.5) is 10.1 Å². The fraction of sp³-hybridized carbons (Fsp3) is 0.500. The first-order chi connectivity index (χ1) is 9.21. The second-order valence-corrected chi connectivity index (χ2v) is 6.56. The smallest absolute Gasteiger partial charge is 0.258 e. The minimum Gasteiger partial charge on any atom is -0.258 e. The van der Waals surface area contributed by atoms with Crippen LogP contribution in [0, 0.1) is 22.9 Å². The normalized spacial score (nSPS) is 11.8. The molecule has 0 saturated carbocycles. The van der Waals surface area contributed by atoms with Crippen LogP contribution in [0.1, 0.15) is 25.3 Å². The van der Waals surface area contributed by atoms with Crippen LogP contribution >= 0.6 is 0 Å². The Morgan fingerprint density at radius 1 is 1.40 bits per heavy atom. The van der Waals surface area contributed by atoms with E-state index in [1.807, 2.05) is 6.92 Å². The van der Waals surface area contributed by atoms with Crippen molar-refractivity contribution in [3.63, 3.8) is 0 Å². The highest BCUT2D eigenvalue weighted by Crippen LogP contribution is 2.26. The van der Waals surface area contributed by atoms with Crippen LogP contribution in [0.25, 0.3) is 0 Å². The maximum Gasteiger partial charge on any atom is 0.306 e. The van der Waals surface area contributed by atoms with E-state index in [9.17, 15) is 22.9 Å². The number of aryl methyl sites for hydroxylation is 1.